The van der Waals surface area contributed by atoms with Crippen LogP contribution in [-0.2, 0) is 20.9 Å². The Kier molecular flexibility index (Phi) is 4.69. The van der Waals surface area contributed by atoms with Crippen LogP contribution in [0.15, 0.2) is 30.0 Å². The molecule has 8 heteroatoms. The number of nitrogens with zero attached hydrogens (tertiary/aromatic N) is 1. The van der Waals surface area contributed by atoms with Crippen LogP contribution < -0.4 is 5.32 Å². The van der Waals surface area contributed by atoms with Crippen molar-refractivity contribution in [2.24, 2.45) is 5.92 Å². The highest BCUT2D eigenvalue weighted by atomic mass is 16.5. The van der Waals surface area contributed by atoms with Gasteiger partial charge in [0.05, 0.1) is 25.2 Å². The molecule has 2 aliphatic rings. The van der Waals surface area contributed by atoms with Crippen LogP contribution in [-0.4, -0.2) is 52.3 Å². The summed E-state index contributed by atoms with van der Waals surface area (Å²) >= 11 is 0. The first-order chi connectivity index (χ1) is 12.3. The minimum absolute atomic E-state index is 0.0164. The van der Waals surface area contributed by atoms with Gasteiger partial charge in [0.25, 0.3) is 0 Å². The van der Waals surface area contributed by atoms with Gasteiger partial charge in [-0.2, -0.15) is 0 Å². The van der Waals surface area contributed by atoms with Crippen molar-refractivity contribution >= 4 is 23.5 Å². The number of aliphatic hydroxyl groups excluding tert-OH is 1. The fourth-order valence-corrected chi connectivity index (χ4v) is 3.60. The van der Waals surface area contributed by atoms with Crippen LogP contribution >= 0.6 is 0 Å². The van der Waals surface area contributed by atoms with Crippen molar-refractivity contribution in [3.8, 4) is 0 Å². The van der Waals surface area contributed by atoms with Crippen LogP contribution in [0.1, 0.15) is 24.5 Å². The smallest absolute Gasteiger partial charge is 0.407 e. The lowest BCUT2D eigenvalue weighted by Gasteiger charge is -2.44. The molecule has 2 amide bonds. The zero-order chi connectivity index (χ0) is 19.0. The highest BCUT2D eigenvalue weighted by Gasteiger charge is 2.56. The number of carboxylic acid groups (broad SMARTS) is 1. The lowest BCUT2D eigenvalue weighted by molar-refractivity contribution is -0.161. The Morgan fingerprint density at radius 1 is 1.35 bits per heavy atom. The number of amides is 2. The van der Waals surface area contributed by atoms with Gasteiger partial charge in [-0.05, 0) is 30.0 Å². The predicted octanol–water partition coefficient (Wildman–Crippen LogP) is 0.950. The molecular formula is C18H20N2O6. The van der Waals surface area contributed by atoms with Gasteiger partial charge < -0.3 is 25.2 Å². The molecule has 138 valence electrons. The molecule has 1 aromatic rings. The summed E-state index contributed by atoms with van der Waals surface area (Å²) in [6, 6.07) is 6.77. The molecule has 3 N–H and O–H groups in total. The van der Waals surface area contributed by atoms with Crippen LogP contribution in [0.2, 0.25) is 0 Å². The molecule has 1 saturated heterocycles. The van der Waals surface area contributed by atoms with Gasteiger partial charge in [0.15, 0.2) is 0 Å². The molecule has 0 spiro atoms. The van der Waals surface area contributed by atoms with Crippen LogP contribution in [0.3, 0.4) is 0 Å². The van der Waals surface area contributed by atoms with Crippen LogP contribution in [0, 0.1) is 5.92 Å². The van der Waals surface area contributed by atoms with Crippen LogP contribution in [0.4, 0.5) is 4.79 Å². The third-order valence-corrected chi connectivity index (χ3v) is 4.86. The monoisotopic (exact) mass is 360 g/mol. The summed E-state index contributed by atoms with van der Waals surface area (Å²) in [6.45, 7) is 1.83. The summed E-state index contributed by atoms with van der Waals surface area (Å²) in [6.07, 6.45) is -0.958. The van der Waals surface area contributed by atoms with E-state index in [1.54, 1.807) is 31.2 Å². The van der Waals surface area contributed by atoms with Crippen LogP contribution in [0.5, 0.6) is 0 Å². The number of carbonyl (C=O) groups excluding carboxylic acids is 2. The highest BCUT2D eigenvalue weighted by Crippen LogP contribution is 2.46. The molecule has 8 nitrogen and oxygen atoms in total. The first-order valence-corrected chi connectivity index (χ1v) is 8.23. The molecular weight excluding hydrogens is 340 g/mol. The van der Waals surface area contributed by atoms with E-state index in [2.05, 4.69) is 10.1 Å². The average Bonchev–Trinajstić information content (AvgIpc) is 2.95. The molecule has 1 fully saturated rings. The summed E-state index contributed by atoms with van der Waals surface area (Å²) < 4.78 is 4.51. The van der Waals surface area contributed by atoms with Crippen molar-refractivity contribution in [1.82, 2.24) is 10.2 Å². The minimum atomic E-state index is -1.16. The minimum Gasteiger partial charge on any atom is -0.477 e. The highest BCUT2D eigenvalue weighted by molar-refractivity contribution is 6.06. The topological polar surface area (TPSA) is 116 Å². The van der Waals surface area contributed by atoms with E-state index < -0.39 is 24.1 Å². The quantitative estimate of drug-likeness (QED) is 0.673. The Bertz CT molecular complexity index is 783. The number of alkyl carbamates (subject to hydrolysis) is 1. The van der Waals surface area contributed by atoms with E-state index in [0.29, 0.717) is 17.6 Å². The molecule has 1 aromatic carbocycles. The Morgan fingerprint density at radius 2 is 2.00 bits per heavy atom. The van der Waals surface area contributed by atoms with Crippen molar-refractivity contribution in [3.05, 3.63) is 41.1 Å². The first kappa shape index (κ1) is 17.9. The Morgan fingerprint density at radius 3 is 2.54 bits per heavy atom. The molecule has 3 rings (SSSR count). The summed E-state index contributed by atoms with van der Waals surface area (Å²) in [5, 5.41) is 21.9. The summed E-state index contributed by atoms with van der Waals surface area (Å²) in [5.41, 5.74) is 2.09. The van der Waals surface area contributed by atoms with Gasteiger partial charge in [-0.3, -0.25) is 4.79 Å². The summed E-state index contributed by atoms with van der Waals surface area (Å²) in [4.78, 5) is 36.3. The first-order valence-electron chi connectivity index (χ1n) is 8.23. The SMILES string of the molecule is COC(=O)NCc1ccc(C2=C(C(=O)O)N3C(=O)[C@H]([C@@H](C)O)[C@H]3C2)cc1. The number of fused-ring (bicyclic) bond motifs is 1. The van der Waals surface area contributed by atoms with Gasteiger partial charge in [-0.1, -0.05) is 24.3 Å². The maximum atomic E-state index is 12.2. The number of nitrogens with one attached hydrogen (secondary N) is 1. The Labute approximate surface area is 150 Å². The molecule has 0 saturated carbocycles. The number of hydrogen-bond acceptors (Lipinski definition) is 5. The van der Waals surface area contributed by atoms with Gasteiger partial charge >= 0.3 is 12.1 Å². The number of rotatable bonds is 5. The number of hydrogen-bond donors (Lipinski definition) is 3. The lowest BCUT2D eigenvalue weighted by atomic mass is 9.82. The Balaban J connectivity index is 1.83. The second kappa shape index (κ2) is 6.80. The lowest BCUT2D eigenvalue weighted by Crippen LogP contribution is -2.61. The molecule has 2 heterocycles. The molecule has 0 unspecified atom stereocenters. The second-order valence-electron chi connectivity index (χ2n) is 6.42. The van der Waals surface area contributed by atoms with Gasteiger partial charge in [-0.15, -0.1) is 0 Å². The van der Waals surface area contributed by atoms with E-state index in [4.69, 9.17) is 0 Å². The van der Waals surface area contributed by atoms with Gasteiger partial charge in [0.1, 0.15) is 5.70 Å². The van der Waals surface area contributed by atoms with Crippen molar-refractivity contribution in [2.45, 2.75) is 32.0 Å². The number of benzene rings is 1. The van der Waals surface area contributed by atoms with E-state index >= 15 is 0 Å². The largest absolute Gasteiger partial charge is 0.477 e. The van der Waals surface area contributed by atoms with Crippen molar-refractivity contribution in [3.63, 3.8) is 0 Å². The normalized spacial score (nSPS) is 22.6. The van der Waals surface area contributed by atoms with Crippen molar-refractivity contribution in [2.75, 3.05) is 7.11 Å². The maximum absolute atomic E-state index is 12.2. The van der Waals surface area contributed by atoms with E-state index in [0.717, 1.165) is 5.56 Å². The number of ether oxygens (including phenoxy) is 1. The van der Waals surface area contributed by atoms with E-state index in [1.165, 1.54) is 12.0 Å². The number of methoxy groups -OCH3 is 1. The standard InChI is InChI=1S/C18H20N2O6/c1-9(21)14-13-7-12(15(17(23)24)20(13)16(14)22)11-5-3-10(4-6-11)8-19-18(25)26-2/h3-6,9,13-14,21H,7-8H2,1-2H3,(H,19,25)(H,23,24)/t9-,13-,14-/m1/s1. The summed E-state index contributed by atoms with van der Waals surface area (Å²) in [5.74, 6) is -2.07. The molecule has 0 aliphatic carbocycles. The molecule has 2 aliphatic heterocycles. The predicted molar refractivity (Wildman–Crippen MR) is 90.7 cm³/mol. The Hall–Kier alpha value is -2.87. The van der Waals surface area contributed by atoms with E-state index in [-0.39, 0.29) is 24.2 Å². The number of aliphatic hydroxyl groups is 1. The van der Waals surface area contributed by atoms with Crippen molar-refractivity contribution in [1.29, 1.82) is 0 Å². The van der Waals surface area contributed by atoms with Gasteiger partial charge in [0.2, 0.25) is 5.91 Å². The van der Waals surface area contributed by atoms with Gasteiger partial charge in [0, 0.05) is 6.54 Å². The second-order valence-corrected chi connectivity index (χ2v) is 6.42. The third-order valence-electron chi connectivity index (χ3n) is 4.86. The molecule has 0 aromatic heterocycles. The van der Waals surface area contributed by atoms with Crippen molar-refractivity contribution < 1.29 is 29.3 Å². The fraction of sp³-hybridized carbons (Fsp3) is 0.389. The third kappa shape index (κ3) is 2.92. The van der Waals surface area contributed by atoms with Gasteiger partial charge in [-0.25, -0.2) is 9.59 Å². The number of β-lactam (4-membered cyclic amide) rings is 1. The molecule has 3 atom stereocenters. The number of carbonyl (C=O) groups is 3. The van der Waals surface area contributed by atoms with Crippen LogP contribution in [0.25, 0.3) is 5.57 Å². The number of carboxylic acids is 1. The molecule has 26 heavy (non-hydrogen) atoms. The van der Waals surface area contributed by atoms with E-state index in [9.17, 15) is 24.6 Å². The average molecular weight is 360 g/mol. The molecule has 0 bridgehead atoms. The fourth-order valence-electron chi connectivity index (χ4n) is 3.60. The number of aliphatic carboxylic acids is 1. The summed E-state index contributed by atoms with van der Waals surface area (Å²) in [7, 11) is 1.28. The zero-order valence-electron chi connectivity index (χ0n) is 14.4. The van der Waals surface area contributed by atoms with E-state index in [1.807, 2.05) is 0 Å². The zero-order valence-corrected chi connectivity index (χ0v) is 14.4. The maximum Gasteiger partial charge on any atom is 0.407 e. The molecule has 0 radical (unpaired) electrons.